The first-order chi connectivity index (χ1) is 5.98. The number of aliphatic hydroxyl groups excluding tert-OH is 1. The molecule has 2 unspecified atom stereocenters. The van der Waals surface area contributed by atoms with E-state index in [9.17, 15) is 0 Å². The number of aliphatic hydroxyl groups is 1. The molecule has 1 heterocycles. The molecule has 1 rings (SSSR count). The molecule has 0 aromatic rings. The molecular weight excluding hydrogens is 164 g/mol. The summed E-state index contributed by atoms with van der Waals surface area (Å²) < 4.78 is 0. The molecular formula is C10H22N2O. The topological polar surface area (TPSA) is 49.5 Å². The minimum atomic E-state index is -0.139. The number of piperidine rings is 1. The Morgan fingerprint density at radius 3 is 2.23 bits per heavy atom. The van der Waals surface area contributed by atoms with Gasteiger partial charge in [0.15, 0.2) is 0 Å². The summed E-state index contributed by atoms with van der Waals surface area (Å²) >= 11 is 0. The molecule has 0 spiro atoms. The van der Waals surface area contributed by atoms with Gasteiger partial charge in [0.25, 0.3) is 0 Å². The van der Waals surface area contributed by atoms with Gasteiger partial charge in [0, 0.05) is 24.2 Å². The fourth-order valence-electron chi connectivity index (χ4n) is 2.41. The van der Waals surface area contributed by atoms with Gasteiger partial charge in [0.2, 0.25) is 0 Å². The van der Waals surface area contributed by atoms with E-state index in [2.05, 4.69) is 25.8 Å². The fraction of sp³-hybridized carbons (Fsp3) is 1.00. The first-order valence-electron chi connectivity index (χ1n) is 5.10. The maximum absolute atomic E-state index is 8.93. The summed E-state index contributed by atoms with van der Waals surface area (Å²) in [5.74, 6) is 0. The molecule has 3 heteroatoms. The molecule has 13 heavy (non-hydrogen) atoms. The highest BCUT2D eigenvalue weighted by Gasteiger charge is 2.36. The Morgan fingerprint density at radius 1 is 1.38 bits per heavy atom. The summed E-state index contributed by atoms with van der Waals surface area (Å²) in [6.07, 6.45) is 2.72. The van der Waals surface area contributed by atoms with Gasteiger partial charge in [-0.3, -0.25) is 0 Å². The van der Waals surface area contributed by atoms with Gasteiger partial charge in [0.05, 0.1) is 0 Å². The fourth-order valence-corrected chi connectivity index (χ4v) is 2.41. The molecule has 3 nitrogen and oxygen atoms in total. The van der Waals surface area contributed by atoms with Crippen LogP contribution in [0.15, 0.2) is 0 Å². The van der Waals surface area contributed by atoms with Gasteiger partial charge >= 0.3 is 0 Å². The molecule has 1 aliphatic heterocycles. The molecule has 0 saturated carbocycles. The molecule has 78 valence electrons. The van der Waals surface area contributed by atoms with E-state index in [4.69, 9.17) is 10.8 Å². The Kier molecular flexibility index (Phi) is 3.33. The van der Waals surface area contributed by atoms with Gasteiger partial charge in [-0.1, -0.05) is 0 Å². The predicted octanol–water partition coefficient (Wildman–Crippen LogP) is 0.569. The number of nitrogens with zero attached hydrogens (tertiary/aromatic N) is 1. The van der Waals surface area contributed by atoms with Crippen LogP contribution in [0.25, 0.3) is 0 Å². The van der Waals surface area contributed by atoms with Crippen molar-refractivity contribution in [3.63, 3.8) is 0 Å². The van der Waals surface area contributed by atoms with Crippen molar-refractivity contribution < 1.29 is 5.11 Å². The summed E-state index contributed by atoms with van der Waals surface area (Å²) in [5.41, 5.74) is 6.09. The van der Waals surface area contributed by atoms with Gasteiger partial charge in [0.1, 0.15) is 0 Å². The normalized spacial score (nSPS) is 42.2. The molecule has 0 aromatic carbocycles. The lowest BCUT2D eigenvalue weighted by Crippen LogP contribution is -2.56. The van der Waals surface area contributed by atoms with Crippen LogP contribution in [0.1, 0.15) is 33.1 Å². The second-order valence-electron chi connectivity index (χ2n) is 4.61. The number of nitrogens with two attached hydrogens (primary N) is 1. The predicted molar refractivity (Wildman–Crippen MR) is 54.5 cm³/mol. The first-order valence-corrected chi connectivity index (χ1v) is 5.10. The zero-order chi connectivity index (χ0) is 10.1. The van der Waals surface area contributed by atoms with Gasteiger partial charge in [-0.05, 0) is 40.2 Å². The lowest BCUT2D eigenvalue weighted by atomic mass is 9.79. The Hall–Kier alpha value is -0.120. The van der Waals surface area contributed by atoms with Crippen LogP contribution < -0.4 is 5.73 Å². The standard InChI is InChI=1S/C10H22N2O/c1-8-6-10(11,4-5-13)7-9(2)12(8)3/h8-9,13H,4-7,11H2,1-3H3. The smallest absolute Gasteiger partial charge is 0.0448 e. The molecule has 2 atom stereocenters. The first kappa shape index (κ1) is 11.0. The Morgan fingerprint density at radius 2 is 1.85 bits per heavy atom. The van der Waals surface area contributed by atoms with Crippen LogP contribution in [0.3, 0.4) is 0 Å². The van der Waals surface area contributed by atoms with E-state index < -0.39 is 0 Å². The third kappa shape index (κ3) is 2.42. The van der Waals surface area contributed by atoms with E-state index in [1.54, 1.807) is 0 Å². The van der Waals surface area contributed by atoms with Gasteiger partial charge in [-0.2, -0.15) is 0 Å². The van der Waals surface area contributed by atoms with E-state index in [1.165, 1.54) is 0 Å². The van der Waals surface area contributed by atoms with Crippen LogP contribution in [-0.4, -0.2) is 41.3 Å². The van der Waals surface area contributed by atoms with E-state index >= 15 is 0 Å². The second-order valence-corrected chi connectivity index (χ2v) is 4.61. The van der Waals surface area contributed by atoms with Crippen LogP contribution in [-0.2, 0) is 0 Å². The van der Waals surface area contributed by atoms with Crippen molar-refractivity contribution in [2.24, 2.45) is 5.73 Å². The minimum Gasteiger partial charge on any atom is -0.396 e. The third-order valence-electron chi connectivity index (χ3n) is 3.40. The van der Waals surface area contributed by atoms with Crippen LogP contribution >= 0.6 is 0 Å². The lowest BCUT2D eigenvalue weighted by Gasteiger charge is -2.46. The molecule has 1 fully saturated rings. The Labute approximate surface area is 80.9 Å². The SMILES string of the molecule is CC1CC(N)(CCO)CC(C)N1C. The largest absolute Gasteiger partial charge is 0.396 e. The van der Waals surface area contributed by atoms with E-state index in [0.29, 0.717) is 12.1 Å². The third-order valence-corrected chi connectivity index (χ3v) is 3.40. The number of likely N-dealkylation sites (tertiary alicyclic amines) is 1. The van der Waals surface area contributed by atoms with Crippen molar-refractivity contribution in [2.75, 3.05) is 13.7 Å². The number of hydrogen-bond acceptors (Lipinski definition) is 3. The van der Waals surface area contributed by atoms with E-state index in [0.717, 1.165) is 19.3 Å². The lowest BCUT2D eigenvalue weighted by molar-refractivity contribution is 0.0669. The van der Waals surface area contributed by atoms with Crippen molar-refractivity contribution >= 4 is 0 Å². The average molecular weight is 186 g/mol. The zero-order valence-corrected chi connectivity index (χ0v) is 8.95. The van der Waals surface area contributed by atoms with Crippen molar-refractivity contribution in [3.05, 3.63) is 0 Å². The van der Waals surface area contributed by atoms with Gasteiger partial charge in [-0.15, -0.1) is 0 Å². The van der Waals surface area contributed by atoms with Gasteiger partial charge < -0.3 is 15.7 Å². The molecule has 0 amide bonds. The van der Waals surface area contributed by atoms with Crippen molar-refractivity contribution in [3.8, 4) is 0 Å². The minimum absolute atomic E-state index is 0.139. The van der Waals surface area contributed by atoms with Crippen molar-refractivity contribution in [1.82, 2.24) is 4.90 Å². The molecule has 0 radical (unpaired) electrons. The maximum atomic E-state index is 8.93. The van der Waals surface area contributed by atoms with Crippen LogP contribution in [0.2, 0.25) is 0 Å². The molecule has 0 aromatic heterocycles. The highest BCUT2D eigenvalue weighted by atomic mass is 16.3. The van der Waals surface area contributed by atoms with Gasteiger partial charge in [-0.25, -0.2) is 0 Å². The van der Waals surface area contributed by atoms with E-state index in [-0.39, 0.29) is 12.1 Å². The Bertz CT molecular complexity index is 160. The Balaban J connectivity index is 2.61. The number of hydrogen-bond donors (Lipinski definition) is 2. The van der Waals surface area contributed by atoms with Crippen molar-refractivity contribution in [2.45, 2.75) is 50.7 Å². The van der Waals surface area contributed by atoms with E-state index in [1.807, 2.05) is 0 Å². The maximum Gasteiger partial charge on any atom is 0.0448 e. The summed E-state index contributed by atoms with van der Waals surface area (Å²) in [6, 6.07) is 1.06. The number of rotatable bonds is 2. The molecule has 0 bridgehead atoms. The summed E-state index contributed by atoms with van der Waals surface area (Å²) in [7, 11) is 2.15. The highest BCUT2D eigenvalue weighted by molar-refractivity contribution is 4.96. The van der Waals surface area contributed by atoms with Crippen LogP contribution in [0, 0.1) is 0 Å². The van der Waals surface area contributed by atoms with Crippen LogP contribution in [0.4, 0.5) is 0 Å². The zero-order valence-electron chi connectivity index (χ0n) is 8.95. The summed E-state index contributed by atoms with van der Waals surface area (Å²) in [5, 5.41) is 8.93. The molecule has 0 aliphatic carbocycles. The van der Waals surface area contributed by atoms with Crippen molar-refractivity contribution in [1.29, 1.82) is 0 Å². The summed E-state index contributed by atoms with van der Waals surface area (Å²) in [4.78, 5) is 2.36. The monoisotopic (exact) mass is 186 g/mol. The second kappa shape index (κ2) is 3.95. The summed E-state index contributed by atoms with van der Waals surface area (Å²) in [6.45, 7) is 4.61. The average Bonchev–Trinajstić information content (AvgIpc) is 2.00. The highest BCUT2D eigenvalue weighted by Crippen LogP contribution is 2.30. The molecule has 1 aliphatic rings. The quantitative estimate of drug-likeness (QED) is 0.663. The molecule has 1 saturated heterocycles. The molecule has 3 N–H and O–H groups in total. The van der Waals surface area contributed by atoms with Crippen LogP contribution in [0.5, 0.6) is 0 Å².